The van der Waals surface area contributed by atoms with E-state index < -0.39 is 11.4 Å². The third kappa shape index (κ3) is 2.70. The molecule has 0 spiro atoms. The van der Waals surface area contributed by atoms with Gasteiger partial charge in [0.05, 0.1) is 11.3 Å². The number of carboxylic acids is 1. The smallest absolute Gasteiger partial charge is 0.335 e. The summed E-state index contributed by atoms with van der Waals surface area (Å²) in [7, 11) is 0. The van der Waals surface area contributed by atoms with Gasteiger partial charge in [0.1, 0.15) is 5.75 Å². The van der Waals surface area contributed by atoms with Gasteiger partial charge in [-0.15, -0.1) is 0 Å². The molecule has 0 radical (unpaired) electrons. The number of nitrogens with one attached hydrogen (secondary N) is 1. The average Bonchev–Trinajstić information content (AvgIpc) is 2.80. The predicted molar refractivity (Wildman–Crippen MR) is 70.3 cm³/mol. The van der Waals surface area contributed by atoms with Crippen molar-refractivity contribution in [3.8, 4) is 5.75 Å². The Morgan fingerprint density at radius 3 is 2.47 bits per heavy atom. The zero-order valence-electron chi connectivity index (χ0n) is 10.8. The van der Waals surface area contributed by atoms with E-state index >= 15 is 0 Å². The Bertz CT molecular complexity index is 518. The molecule has 0 heterocycles. The number of aromatic carboxylic acids is 1. The van der Waals surface area contributed by atoms with Gasteiger partial charge in [0.15, 0.2) is 0 Å². The van der Waals surface area contributed by atoms with Crippen molar-refractivity contribution in [2.75, 3.05) is 5.32 Å². The fraction of sp³-hybridized carbons (Fsp3) is 0.429. The van der Waals surface area contributed by atoms with E-state index in [0.717, 1.165) is 25.7 Å². The molecule has 5 heteroatoms. The second-order valence-corrected chi connectivity index (χ2v) is 5.26. The third-order valence-corrected chi connectivity index (χ3v) is 3.75. The van der Waals surface area contributed by atoms with Crippen LogP contribution in [0.1, 0.15) is 43.0 Å². The summed E-state index contributed by atoms with van der Waals surface area (Å²) in [6.45, 7) is 1.90. The van der Waals surface area contributed by atoms with Gasteiger partial charge in [-0.1, -0.05) is 19.8 Å². The summed E-state index contributed by atoms with van der Waals surface area (Å²) in [5.41, 5.74) is -0.242. The van der Waals surface area contributed by atoms with Crippen LogP contribution < -0.4 is 5.32 Å². The van der Waals surface area contributed by atoms with Gasteiger partial charge in [0.2, 0.25) is 5.91 Å². The molecule has 3 N–H and O–H groups in total. The van der Waals surface area contributed by atoms with Gasteiger partial charge in [-0.05, 0) is 31.0 Å². The monoisotopic (exact) mass is 263 g/mol. The molecule has 2 rings (SSSR count). The maximum atomic E-state index is 12.2. The number of carbonyl (C=O) groups excluding carboxylic acids is 1. The number of carboxylic acid groups (broad SMARTS) is 1. The van der Waals surface area contributed by atoms with Crippen LogP contribution in [0.15, 0.2) is 18.2 Å². The quantitative estimate of drug-likeness (QED) is 0.731. The number of rotatable bonds is 3. The van der Waals surface area contributed by atoms with Gasteiger partial charge in [0, 0.05) is 5.41 Å². The van der Waals surface area contributed by atoms with Gasteiger partial charge < -0.3 is 15.5 Å². The predicted octanol–water partition coefficient (Wildman–Crippen LogP) is 2.61. The van der Waals surface area contributed by atoms with E-state index in [1.165, 1.54) is 18.2 Å². The van der Waals surface area contributed by atoms with Crippen LogP contribution in [0.5, 0.6) is 5.75 Å². The van der Waals surface area contributed by atoms with Crippen LogP contribution in [-0.4, -0.2) is 22.1 Å². The number of phenolic OH excluding ortho intramolecular Hbond substituents is 1. The summed E-state index contributed by atoms with van der Waals surface area (Å²) in [5.74, 6) is -1.38. The van der Waals surface area contributed by atoms with Gasteiger partial charge in [0.25, 0.3) is 0 Å². The van der Waals surface area contributed by atoms with E-state index in [2.05, 4.69) is 5.32 Å². The summed E-state index contributed by atoms with van der Waals surface area (Å²) in [6.07, 6.45) is 3.67. The number of amides is 1. The molecule has 0 aliphatic heterocycles. The first-order chi connectivity index (χ1) is 8.92. The number of phenols is 1. The van der Waals surface area contributed by atoms with Crippen molar-refractivity contribution < 1.29 is 19.8 Å². The maximum Gasteiger partial charge on any atom is 0.335 e. The Labute approximate surface area is 111 Å². The normalized spacial score (nSPS) is 17.1. The molecule has 0 bridgehead atoms. The molecule has 1 aromatic rings. The van der Waals surface area contributed by atoms with Gasteiger partial charge >= 0.3 is 5.97 Å². The zero-order chi connectivity index (χ0) is 14.0. The summed E-state index contributed by atoms with van der Waals surface area (Å²) in [6, 6.07) is 3.84. The molecule has 0 unspecified atom stereocenters. The topological polar surface area (TPSA) is 86.6 Å². The number of aromatic hydroxyl groups is 1. The summed E-state index contributed by atoms with van der Waals surface area (Å²) in [4.78, 5) is 23.1. The minimum atomic E-state index is -1.09. The third-order valence-electron chi connectivity index (χ3n) is 3.75. The molecule has 0 atom stereocenters. The minimum Gasteiger partial charge on any atom is -0.506 e. The van der Waals surface area contributed by atoms with Crippen molar-refractivity contribution in [3.05, 3.63) is 23.8 Å². The Morgan fingerprint density at radius 2 is 1.89 bits per heavy atom. The Kier molecular flexibility index (Phi) is 3.46. The van der Waals surface area contributed by atoms with Crippen LogP contribution in [0.3, 0.4) is 0 Å². The Hall–Kier alpha value is -2.04. The van der Waals surface area contributed by atoms with Crippen LogP contribution in [0.25, 0.3) is 0 Å². The highest BCUT2D eigenvalue weighted by molar-refractivity contribution is 5.98. The van der Waals surface area contributed by atoms with Crippen LogP contribution in [0.4, 0.5) is 5.69 Å². The minimum absolute atomic E-state index is 0.0321. The van der Waals surface area contributed by atoms with Gasteiger partial charge in [-0.3, -0.25) is 4.79 Å². The van der Waals surface area contributed by atoms with Crippen molar-refractivity contribution in [1.29, 1.82) is 0 Å². The number of benzene rings is 1. The molecule has 19 heavy (non-hydrogen) atoms. The first-order valence-electron chi connectivity index (χ1n) is 6.30. The fourth-order valence-corrected chi connectivity index (χ4v) is 2.42. The molecule has 0 aromatic heterocycles. The molecule has 1 aromatic carbocycles. The molecular formula is C14H17NO4. The number of anilines is 1. The zero-order valence-corrected chi connectivity index (χ0v) is 10.8. The molecule has 5 nitrogen and oxygen atoms in total. The van der Waals surface area contributed by atoms with Crippen molar-refractivity contribution in [3.63, 3.8) is 0 Å². The molecular weight excluding hydrogens is 246 g/mol. The second-order valence-electron chi connectivity index (χ2n) is 5.26. The van der Waals surface area contributed by atoms with Crippen LogP contribution in [0.2, 0.25) is 0 Å². The Morgan fingerprint density at radius 1 is 1.26 bits per heavy atom. The summed E-state index contributed by atoms with van der Waals surface area (Å²) < 4.78 is 0. The van der Waals surface area contributed by atoms with E-state index in [4.69, 9.17) is 5.11 Å². The van der Waals surface area contributed by atoms with E-state index in [1.807, 2.05) is 6.92 Å². The number of hydrogen-bond donors (Lipinski definition) is 3. The highest BCUT2D eigenvalue weighted by Crippen LogP contribution is 2.39. The van der Waals surface area contributed by atoms with E-state index in [0.29, 0.717) is 0 Å². The largest absolute Gasteiger partial charge is 0.506 e. The lowest BCUT2D eigenvalue weighted by molar-refractivity contribution is -0.124. The average molecular weight is 263 g/mol. The SMILES string of the molecule is CC1(C(=O)Nc2cc(C(=O)O)ccc2O)CCCC1. The lowest BCUT2D eigenvalue weighted by Crippen LogP contribution is -2.30. The van der Waals surface area contributed by atoms with E-state index in [9.17, 15) is 14.7 Å². The van der Waals surface area contributed by atoms with Crippen LogP contribution in [-0.2, 0) is 4.79 Å². The molecule has 1 fully saturated rings. The molecule has 1 aliphatic rings. The second kappa shape index (κ2) is 4.91. The standard InChI is InChI=1S/C14H17NO4/c1-14(6-2-3-7-14)13(19)15-10-8-9(12(17)18)4-5-11(10)16/h4-5,8,16H,2-3,6-7H2,1H3,(H,15,19)(H,17,18). The number of hydrogen-bond acceptors (Lipinski definition) is 3. The molecule has 0 saturated heterocycles. The number of carbonyl (C=O) groups is 2. The summed E-state index contributed by atoms with van der Waals surface area (Å²) in [5, 5.41) is 21.2. The lowest BCUT2D eigenvalue weighted by Gasteiger charge is -2.22. The molecule has 102 valence electrons. The molecule has 1 amide bonds. The molecule has 1 saturated carbocycles. The fourth-order valence-electron chi connectivity index (χ4n) is 2.42. The van der Waals surface area contributed by atoms with E-state index in [-0.39, 0.29) is 22.9 Å². The highest BCUT2D eigenvalue weighted by Gasteiger charge is 2.36. The van der Waals surface area contributed by atoms with Crippen molar-refractivity contribution in [2.24, 2.45) is 5.41 Å². The van der Waals surface area contributed by atoms with Crippen molar-refractivity contribution >= 4 is 17.6 Å². The highest BCUT2D eigenvalue weighted by atomic mass is 16.4. The Balaban J connectivity index is 2.20. The van der Waals surface area contributed by atoms with Crippen molar-refractivity contribution in [1.82, 2.24) is 0 Å². The maximum absolute atomic E-state index is 12.2. The van der Waals surface area contributed by atoms with Crippen molar-refractivity contribution in [2.45, 2.75) is 32.6 Å². The van der Waals surface area contributed by atoms with E-state index in [1.54, 1.807) is 0 Å². The van der Waals surface area contributed by atoms with Crippen LogP contribution in [0, 0.1) is 5.41 Å². The van der Waals surface area contributed by atoms with Gasteiger partial charge in [-0.25, -0.2) is 4.79 Å². The summed E-state index contributed by atoms with van der Waals surface area (Å²) >= 11 is 0. The first kappa shape index (κ1) is 13.4. The van der Waals surface area contributed by atoms with Crippen LogP contribution >= 0.6 is 0 Å². The lowest BCUT2D eigenvalue weighted by atomic mass is 9.88. The molecule has 1 aliphatic carbocycles. The van der Waals surface area contributed by atoms with Gasteiger partial charge in [-0.2, -0.15) is 0 Å². The first-order valence-corrected chi connectivity index (χ1v) is 6.30.